The molecule has 3 fully saturated rings. The molecule has 3 aliphatic rings. The van der Waals surface area contributed by atoms with Crippen LogP contribution in [0.25, 0.3) is 0 Å². The van der Waals surface area contributed by atoms with E-state index in [4.69, 9.17) is 5.26 Å². The molecule has 0 bridgehead atoms. The molecule has 0 radical (unpaired) electrons. The molecule has 0 saturated heterocycles. The standard InChI is InChI=1S/C28H39F2N/c1-2-3-4-5-6-7-19-8-12-24-21(14-19)9-10-22-15-20(11-13-25(22)24)23-16-27(29)26(18-31)28(30)17-23/h16-17,19-22,24-25H,2-15H2,1H3/t19-,20?,21+,22-,24+,25-/m1/s1. The molecule has 4 rings (SSSR count). The lowest BCUT2D eigenvalue weighted by atomic mass is 9.54. The van der Waals surface area contributed by atoms with Gasteiger partial charge in [-0.3, -0.25) is 0 Å². The Bertz CT molecular complexity index is 759. The lowest BCUT2D eigenvalue weighted by molar-refractivity contribution is 0.00513. The van der Waals surface area contributed by atoms with Gasteiger partial charge in [0.2, 0.25) is 0 Å². The quantitative estimate of drug-likeness (QED) is 0.400. The van der Waals surface area contributed by atoms with Gasteiger partial charge in [-0.25, -0.2) is 8.78 Å². The number of unbranched alkanes of at least 4 members (excludes halogenated alkanes) is 4. The van der Waals surface area contributed by atoms with Crippen LogP contribution in [0.4, 0.5) is 8.78 Å². The number of fused-ring (bicyclic) bond motifs is 3. The molecule has 3 aliphatic carbocycles. The molecule has 31 heavy (non-hydrogen) atoms. The minimum absolute atomic E-state index is 0.244. The number of benzene rings is 1. The van der Waals surface area contributed by atoms with Crippen LogP contribution in [0.1, 0.15) is 114 Å². The first kappa shape index (κ1) is 22.8. The predicted octanol–water partition coefficient (Wildman–Crippen LogP) is 8.52. The zero-order valence-electron chi connectivity index (χ0n) is 19.2. The van der Waals surface area contributed by atoms with Gasteiger partial charge in [0.15, 0.2) is 0 Å². The first-order chi connectivity index (χ1) is 15.1. The van der Waals surface area contributed by atoms with Gasteiger partial charge in [-0.1, -0.05) is 51.9 Å². The van der Waals surface area contributed by atoms with Crippen molar-refractivity contribution >= 4 is 0 Å². The van der Waals surface area contributed by atoms with Gasteiger partial charge in [0.25, 0.3) is 0 Å². The highest BCUT2D eigenvalue weighted by Crippen LogP contribution is 2.55. The summed E-state index contributed by atoms with van der Waals surface area (Å²) < 4.78 is 28.3. The van der Waals surface area contributed by atoms with Crippen LogP contribution >= 0.6 is 0 Å². The van der Waals surface area contributed by atoms with Crippen molar-refractivity contribution in [1.82, 2.24) is 0 Å². The molecule has 3 saturated carbocycles. The second kappa shape index (κ2) is 10.5. The predicted molar refractivity (Wildman–Crippen MR) is 122 cm³/mol. The summed E-state index contributed by atoms with van der Waals surface area (Å²) in [6.07, 6.45) is 18.7. The Hall–Kier alpha value is -1.43. The zero-order valence-corrected chi connectivity index (χ0v) is 19.2. The van der Waals surface area contributed by atoms with E-state index in [0.29, 0.717) is 5.92 Å². The molecule has 6 atom stereocenters. The molecule has 0 aromatic heterocycles. The fourth-order valence-electron chi connectivity index (χ4n) is 7.43. The Morgan fingerprint density at radius 2 is 1.48 bits per heavy atom. The summed E-state index contributed by atoms with van der Waals surface area (Å²) in [6.45, 7) is 2.28. The Balaban J connectivity index is 1.31. The van der Waals surface area contributed by atoms with E-state index in [2.05, 4.69) is 6.92 Å². The number of halogens is 2. The van der Waals surface area contributed by atoms with Crippen molar-refractivity contribution < 1.29 is 8.78 Å². The molecule has 0 amide bonds. The highest BCUT2D eigenvalue weighted by molar-refractivity contribution is 5.36. The van der Waals surface area contributed by atoms with Crippen LogP contribution in [0.5, 0.6) is 0 Å². The molecule has 1 aromatic carbocycles. The molecular formula is C28H39F2N. The maximum atomic E-state index is 14.1. The molecule has 0 aliphatic heterocycles. The molecule has 3 heteroatoms. The van der Waals surface area contributed by atoms with Gasteiger partial charge in [-0.05, 0) is 98.1 Å². The maximum absolute atomic E-state index is 14.1. The molecule has 1 aromatic rings. The van der Waals surface area contributed by atoms with E-state index in [9.17, 15) is 8.78 Å². The van der Waals surface area contributed by atoms with Crippen molar-refractivity contribution in [2.24, 2.45) is 29.6 Å². The van der Waals surface area contributed by atoms with Gasteiger partial charge in [0.05, 0.1) is 0 Å². The summed E-state index contributed by atoms with van der Waals surface area (Å²) >= 11 is 0. The van der Waals surface area contributed by atoms with Crippen molar-refractivity contribution in [1.29, 1.82) is 5.26 Å². The van der Waals surface area contributed by atoms with Crippen molar-refractivity contribution in [3.63, 3.8) is 0 Å². The minimum Gasteiger partial charge on any atom is -0.205 e. The Morgan fingerprint density at radius 1 is 0.839 bits per heavy atom. The summed E-state index contributed by atoms with van der Waals surface area (Å²) in [5.74, 6) is 3.17. The monoisotopic (exact) mass is 427 g/mol. The van der Waals surface area contributed by atoms with Crippen LogP contribution in [-0.4, -0.2) is 0 Å². The summed E-state index contributed by atoms with van der Waals surface area (Å²) in [5.41, 5.74) is 0.321. The molecule has 170 valence electrons. The van der Waals surface area contributed by atoms with Crippen LogP contribution in [0.3, 0.4) is 0 Å². The normalized spacial score (nSPS) is 32.7. The highest BCUT2D eigenvalue weighted by Gasteiger charge is 2.44. The summed E-state index contributed by atoms with van der Waals surface area (Å²) in [6, 6.07) is 4.49. The first-order valence-electron chi connectivity index (χ1n) is 13.0. The fraction of sp³-hybridized carbons (Fsp3) is 0.750. The third-order valence-electron chi connectivity index (χ3n) is 9.01. The van der Waals surface area contributed by atoms with Crippen LogP contribution < -0.4 is 0 Å². The average molecular weight is 428 g/mol. The maximum Gasteiger partial charge on any atom is 0.144 e. The largest absolute Gasteiger partial charge is 0.205 e. The third-order valence-corrected chi connectivity index (χ3v) is 9.01. The Morgan fingerprint density at radius 3 is 2.16 bits per heavy atom. The second-order valence-corrected chi connectivity index (χ2v) is 10.8. The number of hydrogen-bond acceptors (Lipinski definition) is 1. The third kappa shape index (κ3) is 5.15. The minimum atomic E-state index is -0.698. The summed E-state index contributed by atoms with van der Waals surface area (Å²) in [5, 5.41) is 8.94. The van der Waals surface area contributed by atoms with Crippen molar-refractivity contribution in [3.05, 3.63) is 34.9 Å². The van der Waals surface area contributed by atoms with Crippen LogP contribution in [-0.2, 0) is 0 Å². The van der Waals surface area contributed by atoms with Gasteiger partial charge in [-0.15, -0.1) is 0 Å². The SMILES string of the molecule is CCCCCCC[C@@H]1CC[C@H]2[C@@H](CC[C@@H]3CC(c4cc(F)c(C#N)c(F)c4)CC[C@H]32)C1. The van der Waals surface area contributed by atoms with Gasteiger partial charge in [0.1, 0.15) is 23.3 Å². The van der Waals surface area contributed by atoms with E-state index < -0.39 is 17.2 Å². The highest BCUT2D eigenvalue weighted by atomic mass is 19.1. The van der Waals surface area contributed by atoms with E-state index in [1.807, 2.05) is 0 Å². The van der Waals surface area contributed by atoms with E-state index in [0.717, 1.165) is 42.1 Å². The Labute approximate surface area is 187 Å². The van der Waals surface area contributed by atoms with E-state index in [1.54, 1.807) is 6.07 Å². The Kier molecular flexibility index (Phi) is 7.68. The first-order valence-corrected chi connectivity index (χ1v) is 13.0. The van der Waals surface area contributed by atoms with Crippen molar-refractivity contribution in [2.75, 3.05) is 0 Å². The van der Waals surface area contributed by atoms with Gasteiger partial charge in [0, 0.05) is 0 Å². The second-order valence-electron chi connectivity index (χ2n) is 10.8. The number of hydrogen-bond donors (Lipinski definition) is 0. The van der Waals surface area contributed by atoms with E-state index in [1.165, 1.54) is 89.2 Å². The van der Waals surface area contributed by atoms with Gasteiger partial charge in [-0.2, -0.15) is 5.26 Å². The molecule has 0 spiro atoms. The van der Waals surface area contributed by atoms with E-state index >= 15 is 0 Å². The average Bonchev–Trinajstić information content (AvgIpc) is 2.78. The molecule has 1 nitrogen and oxygen atoms in total. The summed E-state index contributed by atoms with van der Waals surface area (Å²) in [4.78, 5) is 0. The molecule has 1 unspecified atom stereocenters. The topological polar surface area (TPSA) is 23.8 Å². The van der Waals surface area contributed by atoms with Crippen molar-refractivity contribution in [2.45, 2.75) is 103 Å². The molecule has 0 heterocycles. The van der Waals surface area contributed by atoms with Crippen LogP contribution in [0.15, 0.2) is 12.1 Å². The van der Waals surface area contributed by atoms with E-state index in [-0.39, 0.29) is 5.92 Å². The fourth-order valence-corrected chi connectivity index (χ4v) is 7.43. The lowest BCUT2D eigenvalue weighted by Gasteiger charge is -2.51. The molecule has 0 N–H and O–H groups in total. The number of rotatable bonds is 7. The van der Waals surface area contributed by atoms with Crippen LogP contribution in [0, 0.1) is 52.6 Å². The van der Waals surface area contributed by atoms with Gasteiger partial charge < -0.3 is 0 Å². The zero-order chi connectivity index (χ0) is 21.8. The number of nitrogens with zero attached hydrogens (tertiary/aromatic N) is 1. The number of nitriles is 1. The molecular weight excluding hydrogens is 388 g/mol. The lowest BCUT2D eigenvalue weighted by Crippen LogP contribution is -2.41. The van der Waals surface area contributed by atoms with Crippen LogP contribution in [0.2, 0.25) is 0 Å². The van der Waals surface area contributed by atoms with Gasteiger partial charge >= 0.3 is 0 Å². The summed E-state index contributed by atoms with van der Waals surface area (Å²) in [7, 11) is 0. The van der Waals surface area contributed by atoms with Crippen molar-refractivity contribution in [3.8, 4) is 6.07 Å². The smallest absolute Gasteiger partial charge is 0.144 e.